The Balaban J connectivity index is 2.65. The van der Waals surface area contributed by atoms with Crippen molar-refractivity contribution in [1.29, 1.82) is 0 Å². The van der Waals surface area contributed by atoms with Crippen molar-refractivity contribution in [3.63, 3.8) is 0 Å². The van der Waals surface area contributed by atoms with Crippen molar-refractivity contribution in [3.05, 3.63) is 28.8 Å². The number of hydrogen-bond donors (Lipinski definition) is 1. The monoisotopic (exact) mass is 199 g/mol. The standard InChI is InChI=1S/C10H11F2NO/c1-14-10-5-2-3-8(13)6(5)4-7(11)9(10)12/h4,8H,2-3,13H2,1H3. The number of rotatable bonds is 1. The molecule has 0 fully saturated rings. The third-order valence-corrected chi connectivity index (χ3v) is 2.62. The van der Waals surface area contributed by atoms with E-state index in [2.05, 4.69) is 0 Å². The Bertz CT molecular complexity index is 379. The number of ether oxygens (including phenoxy) is 1. The van der Waals surface area contributed by atoms with E-state index in [4.69, 9.17) is 10.5 Å². The SMILES string of the molecule is COc1c(F)c(F)cc2c1CCC2N. The van der Waals surface area contributed by atoms with Gasteiger partial charge in [0.05, 0.1) is 7.11 Å². The molecule has 1 atom stereocenters. The third-order valence-electron chi connectivity index (χ3n) is 2.62. The molecule has 0 amide bonds. The van der Waals surface area contributed by atoms with Crippen LogP contribution < -0.4 is 10.5 Å². The predicted octanol–water partition coefficient (Wildman–Crippen LogP) is 1.92. The zero-order valence-electron chi connectivity index (χ0n) is 7.81. The fourth-order valence-electron chi connectivity index (χ4n) is 1.92. The molecule has 0 spiro atoms. The minimum atomic E-state index is -0.916. The lowest BCUT2D eigenvalue weighted by molar-refractivity contribution is 0.367. The Morgan fingerprint density at radius 3 is 2.86 bits per heavy atom. The van der Waals surface area contributed by atoms with Gasteiger partial charge in [0.25, 0.3) is 0 Å². The molecule has 0 aliphatic heterocycles. The topological polar surface area (TPSA) is 35.2 Å². The van der Waals surface area contributed by atoms with Gasteiger partial charge in [0.1, 0.15) is 0 Å². The Morgan fingerprint density at radius 2 is 2.21 bits per heavy atom. The summed E-state index contributed by atoms with van der Waals surface area (Å²) in [4.78, 5) is 0. The molecule has 2 nitrogen and oxygen atoms in total. The first-order valence-electron chi connectivity index (χ1n) is 4.45. The summed E-state index contributed by atoms with van der Waals surface area (Å²) < 4.78 is 31.2. The van der Waals surface area contributed by atoms with E-state index in [1.54, 1.807) is 0 Å². The second-order valence-corrected chi connectivity index (χ2v) is 3.42. The van der Waals surface area contributed by atoms with Gasteiger partial charge in [-0.05, 0) is 24.5 Å². The Labute approximate surface area is 80.7 Å². The van der Waals surface area contributed by atoms with Crippen LogP contribution in [-0.4, -0.2) is 7.11 Å². The summed E-state index contributed by atoms with van der Waals surface area (Å²) in [7, 11) is 1.34. The van der Waals surface area contributed by atoms with Gasteiger partial charge in [-0.2, -0.15) is 4.39 Å². The summed E-state index contributed by atoms with van der Waals surface area (Å²) in [5.41, 5.74) is 7.12. The van der Waals surface area contributed by atoms with Crippen LogP contribution in [0.1, 0.15) is 23.6 Å². The maximum absolute atomic E-state index is 13.2. The molecule has 0 saturated carbocycles. The van der Waals surface area contributed by atoms with E-state index in [9.17, 15) is 8.78 Å². The largest absolute Gasteiger partial charge is 0.493 e. The minimum Gasteiger partial charge on any atom is -0.493 e. The molecule has 2 N–H and O–H groups in total. The van der Waals surface area contributed by atoms with Crippen molar-refractivity contribution in [3.8, 4) is 5.75 Å². The number of nitrogens with two attached hydrogens (primary N) is 1. The van der Waals surface area contributed by atoms with Crippen LogP contribution >= 0.6 is 0 Å². The molecule has 1 aromatic carbocycles. The van der Waals surface area contributed by atoms with Crippen LogP contribution in [0.2, 0.25) is 0 Å². The lowest BCUT2D eigenvalue weighted by Gasteiger charge is -2.10. The highest BCUT2D eigenvalue weighted by Gasteiger charge is 2.27. The summed E-state index contributed by atoms with van der Waals surface area (Å²) >= 11 is 0. The van der Waals surface area contributed by atoms with Crippen molar-refractivity contribution in [2.45, 2.75) is 18.9 Å². The molecule has 1 aliphatic rings. The second kappa shape index (κ2) is 3.20. The van der Waals surface area contributed by atoms with Gasteiger partial charge in [-0.1, -0.05) is 0 Å². The lowest BCUT2D eigenvalue weighted by Crippen LogP contribution is -2.06. The van der Waals surface area contributed by atoms with E-state index in [-0.39, 0.29) is 11.8 Å². The summed E-state index contributed by atoms with van der Waals surface area (Å²) in [5.74, 6) is -1.80. The normalized spacial score (nSPS) is 19.6. The average Bonchev–Trinajstić information content (AvgIpc) is 2.51. The van der Waals surface area contributed by atoms with E-state index in [0.29, 0.717) is 24.0 Å². The number of benzene rings is 1. The van der Waals surface area contributed by atoms with Crippen LogP contribution in [0.4, 0.5) is 8.78 Å². The van der Waals surface area contributed by atoms with Crippen molar-refractivity contribution in [2.24, 2.45) is 5.73 Å². The number of hydrogen-bond acceptors (Lipinski definition) is 2. The molecule has 0 radical (unpaired) electrons. The minimum absolute atomic E-state index is 0.00736. The first kappa shape index (κ1) is 9.40. The van der Waals surface area contributed by atoms with Crippen LogP contribution in [0.25, 0.3) is 0 Å². The Morgan fingerprint density at radius 1 is 1.50 bits per heavy atom. The fourth-order valence-corrected chi connectivity index (χ4v) is 1.92. The summed E-state index contributed by atoms with van der Waals surface area (Å²) in [5, 5.41) is 0. The van der Waals surface area contributed by atoms with Gasteiger partial charge in [-0.3, -0.25) is 0 Å². The number of methoxy groups -OCH3 is 1. The van der Waals surface area contributed by atoms with Gasteiger partial charge in [-0.15, -0.1) is 0 Å². The smallest absolute Gasteiger partial charge is 0.200 e. The fraction of sp³-hybridized carbons (Fsp3) is 0.400. The summed E-state index contributed by atoms with van der Waals surface area (Å²) in [6.07, 6.45) is 1.37. The number of fused-ring (bicyclic) bond motifs is 1. The van der Waals surface area contributed by atoms with Gasteiger partial charge in [-0.25, -0.2) is 4.39 Å². The highest BCUT2D eigenvalue weighted by Crippen LogP contribution is 2.38. The molecule has 4 heteroatoms. The van der Waals surface area contributed by atoms with E-state index in [1.165, 1.54) is 13.2 Å². The Hall–Kier alpha value is -1.16. The van der Waals surface area contributed by atoms with E-state index >= 15 is 0 Å². The van der Waals surface area contributed by atoms with Gasteiger partial charge in [0.2, 0.25) is 5.82 Å². The van der Waals surface area contributed by atoms with Crippen LogP contribution in [0.5, 0.6) is 5.75 Å². The number of halogens is 2. The predicted molar refractivity (Wildman–Crippen MR) is 48.2 cm³/mol. The average molecular weight is 199 g/mol. The lowest BCUT2D eigenvalue weighted by atomic mass is 10.1. The maximum atomic E-state index is 13.2. The molecule has 1 aliphatic carbocycles. The molecule has 14 heavy (non-hydrogen) atoms. The maximum Gasteiger partial charge on any atom is 0.200 e. The van der Waals surface area contributed by atoms with Crippen molar-refractivity contribution in [1.82, 2.24) is 0 Å². The highest BCUT2D eigenvalue weighted by molar-refractivity contribution is 5.46. The van der Waals surface area contributed by atoms with Crippen molar-refractivity contribution < 1.29 is 13.5 Å². The van der Waals surface area contributed by atoms with Crippen LogP contribution in [0.15, 0.2) is 6.07 Å². The van der Waals surface area contributed by atoms with E-state index < -0.39 is 11.6 Å². The van der Waals surface area contributed by atoms with E-state index in [1.807, 2.05) is 0 Å². The molecule has 0 saturated heterocycles. The molecule has 1 unspecified atom stereocenters. The molecule has 76 valence electrons. The molecule has 2 rings (SSSR count). The summed E-state index contributed by atoms with van der Waals surface area (Å²) in [6, 6.07) is 0.971. The van der Waals surface area contributed by atoms with Gasteiger partial charge in [0, 0.05) is 11.6 Å². The van der Waals surface area contributed by atoms with Crippen molar-refractivity contribution in [2.75, 3.05) is 7.11 Å². The van der Waals surface area contributed by atoms with Gasteiger partial charge in [0.15, 0.2) is 11.6 Å². The highest BCUT2D eigenvalue weighted by atomic mass is 19.2. The third kappa shape index (κ3) is 1.18. The first-order valence-corrected chi connectivity index (χ1v) is 4.45. The molecule has 0 bridgehead atoms. The van der Waals surface area contributed by atoms with Gasteiger partial charge < -0.3 is 10.5 Å². The van der Waals surface area contributed by atoms with Crippen LogP contribution in [0, 0.1) is 11.6 Å². The molecular formula is C10H11F2NO. The molecule has 1 aromatic rings. The van der Waals surface area contributed by atoms with E-state index in [0.717, 1.165) is 0 Å². The van der Waals surface area contributed by atoms with Crippen LogP contribution in [-0.2, 0) is 6.42 Å². The second-order valence-electron chi connectivity index (χ2n) is 3.42. The molecule has 0 heterocycles. The summed E-state index contributed by atoms with van der Waals surface area (Å²) in [6.45, 7) is 0. The van der Waals surface area contributed by atoms with Gasteiger partial charge >= 0.3 is 0 Å². The zero-order chi connectivity index (χ0) is 10.3. The molecular weight excluding hydrogens is 188 g/mol. The quantitative estimate of drug-likeness (QED) is 0.749. The van der Waals surface area contributed by atoms with Crippen LogP contribution in [0.3, 0.4) is 0 Å². The molecule has 0 aromatic heterocycles. The van der Waals surface area contributed by atoms with Crippen molar-refractivity contribution >= 4 is 0 Å². The first-order chi connectivity index (χ1) is 6.65. The Kier molecular flexibility index (Phi) is 2.15. The zero-order valence-corrected chi connectivity index (χ0v) is 7.81.